The smallest absolute Gasteiger partial charge is 0.257 e. The summed E-state index contributed by atoms with van der Waals surface area (Å²) < 4.78 is 5.23. The Labute approximate surface area is 152 Å². The maximum atomic E-state index is 12.4. The first-order chi connectivity index (χ1) is 12.7. The molecule has 1 heterocycles. The van der Waals surface area contributed by atoms with Gasteiger partial charge in [-0.25, -0.2) is 4.98 Å². The van der Waals surface area contributed by atoms with Gasteiger partial charge in [0.1, 0.15) is 5.75 Å². The molecule has 0 radical (unpaired) electrons. The number of benzene rings is 2. The lowest BCUT2D eigenvalue weighted by Gasteiger charge is -2.03. The van der Waals surface area contributed by atoms with Crippen LogP contribution >= 0.6 is 0 Å². The highest BCUT2D eigenvalue weighted by atomic mass is 16.5. The summed E-state index contributed by atoms with van der Waals surface area (Å²) in [5, 5.41) is 2.87. The largest absolute Gasteiger partial charge is 0.497 e. The van der Waals surface area contributed by atoms with E-state index in [0.717, 1.165) is 29.1 Å². The summed E-state index contributed by atoms with van der Waals surface area (Å²) in [4.78, 5) is 20.4. The summed E-state index contributed by atoms with van der Waals surface area (Å²) in [6.45, 7) is 0. The molecule has 26 heavy (non-hydrogen) atoms. The van der Waals surface area contributed by atoms with Gasteiger partial charge in [0.05, 0.1) is 12.8 Å². The molecule has 4 rings (SSSR count). The number of aromatic amines is 1. The number of H-pyrrole nitrogens is 1. The van der Waals surface area contributed by atoms with E-state index in [9.17, 15) is 4.79 Å². The Morgan fingerprint density at radius 1 is 1.15 bits per heavy atom. The van der Waals surface area contributed by atoms with Crippen LogP contribution in [-0.2, 0) is 6.42 Å². The Hall–Kier alpha value is -3.08. The van der Waals surface area contributed by atoms with Crippen molar-refractivity contribution in [3.8, 4) is 17.0 Å². The molecule has 0 aliphatic heterocycles. The van der Waals surface area contributed by atoms with Gasteiger partial charge in [0.15, 0.2) is 0 Å². The van der Waals surface area contributed by atoms with Crippen LogP contribution in [0.2, 0.25) is 0 Å². The Balaban J connectivity index is 1.61. The second kappa shape index (κ2) is 7.04. The van der Waals surface area contributed by atoms with Crippen molar-refractivity contribution in [3.63, 3.8) is 0 Å². The number of nitrogens with one attached hydrogen (secondary N) is 2. The van der Waals surface area contributed by atoms with Gasteiger partial charge in [-0.05, 0) is 61.6 Å². The molecule has 1 aliphatic rings. The van der Waals surface area contributed by atoms with Crippen molar-refractivity contribution in [2.75, 3.05) is 12.4 Å². The maximum absolute atomic E-state index is 12.4. The standard InChI is InChI=1S/C21H21N3O2/c1-26-17-11-9-15(10-12-17)19-18(13-14-7-8-14)22-21(23-19)24-20(25)16-5-3-2-4-6-16/h2-6,9-12,14H,7-8,13H2,1H3,(H2,22,23,24,25). The van der Waals surface area contributed by atoms with Crippen molar-refractivity contribution in [2.45, 2.75) is 19.3 Å². The molecule has 2 N–H and O–H groups in total. The van der Waals surface area contributed by atoms with Crippen molar-refractivity contribution < 1.29 is 9.53 Å². The number of nitrogens with zero attached hydrogens (tertiary/aromatic N) is 1. The molecule has 2 aromatic carbocycles. The number of ether oxygens (including phenoxy) is 1. The number of rotatable bonds is 6. The minimum Gasteiger partial charge on any atom is -0.497 e. The van der Waals surface area contributed by atoms with Crippen LogP contribution in [0.4, 0.5) is 5.95 Å². The number of imidazole rings is 1. The number of methoxy groups -OCH3 is 1. The van der Waals surface area contributed by atoms with Crippen LogP contribution < -0.4 is 10.1 Å². The molecule has 1 aromatic heterocycles. The van der Waals surface area contributed by atoms with E-state index >= 15 is 0 Å². The van der Waals surface area contributed by atoms with E-state index in [1.54, 1.807) is 19.2 Å². The lowest BCUT2D eigenvalue weighted by atomic mass is 10.1. The molecule has 0 unspecified atom stereocenters. The maximum Gasteiger partial charge on any atom is 0.257 e. The SMILES string of the molecule is COc1ccc(-c2nc(NC(=O)c3ccccc3)[nH]c2CC2CC2)cc1. The van der Waals surface area contributed by atoms with Crippen molar-refractivity contribution in [1.29, 1.82) is 0 Å². The molecule has 3 aromatic rings. The Morgan fingerprint density at radius 2 is 1.88 bits per heavy atom. The summed E-state index contributed by atoms with van der Waals surface area (Å²) >= 11 is 0. The van der Waals surface area contributed by atoms with Gasteiger partial charge in [-0.3, -0.25) is 10.1 Å². The number of carbonyl (C=O) groups is 1. The number of hydrogen-bond donors (Lipinski definition) is 2. The number of hydrogen-bond acceptors (Lipinski definition) is 3. The highest BCUT2D eigenvalue weighted by Crippen LogP contribution is 2.35. The number of aromatic nitrogens is 2. The molecule has 1 amide bonds. The average Bonchev–Trinajstić information content (AvgIpc) is 3.42. The summed E-state index contributed by atoms with van der Waals surface area (Å²) in [5.74, 6) is 1.84. The van der Waals surface area contributed by atoms with Gasteiger partial charge >= 0.3 is 0 Å². The molecular weight excluding hydrogens is 326 g/mol. The third kappa shape index (κ3) is 3.61. The summed E-state index contributed by atoms with van der Waals surface area (Å²) in [6.07, 6.45) is 3.47. The van der Waals surface area contributed by atoms with Gasteiger partial charge in [-0.15, -0.1) is 0 Å². The van der Waals surface area contributed by atoms with Gasteiger partial charge in [-0.1, -0.05) is 18.2 Å². The van der Waals surface area contributed by atoms with Crippen LogP contribution in [-0.4, -0.2) is 23.0 Å². The van der Waals surface area contributed by atoms with Crippen LogP contribution in [0.5, 0.6) is 5.75 Å². The third-order valence-electron chi connectivity index (χ3n) is 4.60. The van der Waals surface area contributed by atoms with Crippen molar-refractivity contribution in [2.24, 2.45) is 5.92 Å². The van der Waals surface area contributed by atoms with Crippen LogP contribution in [0.15, 0.2) is 54.6 Å². The van der Waals surface area contributed by atoms with Crippen molar-refractivity contribution in [1.82, 2.24) is 9.97 Å². The fourth-order valence-electron chi connectivity index (χ4n) is 2.98. The minimum atomic E-state index is -0.168. The predicted molar refractivity (Wildman–Crippen MR) is 101 cm³/mol. The van der Waals surface area contributed by atoms with Gasteiger partial charge in [0.25, 0.3) is 5.91 Å². The van der Waals surface area contributed by atoms with E-state index in [-0.39, 0.29) is 5.91 Å². The third-order valence-corrected chi connectivity index (χ3v) is 4.60. The highest BCUT2D eigenvalue weighted by Gasteiger charge is 2.25. The van der Waals surface area contributed by atoms with Crippen LogP contribution in [0, 0.1) is 5.92 Å². The molecule has 5 heteroatoms. The molecule has 0 saturated heterocycles. The zero-order valence-electron chi connectivity index (χ0n) is 14.7. The summed E-state index contributed by atoms with van der Waals surface area (Å²) in [6, 6.07) is 17.0. The lowest BCUT2D eigenvalue weighted by Crippen LogP contribution is -2.12. The number of carbonyl (C=O) groups excluding carboxylic acids is 1. The minimum absolute atomic E-state index is 0.168. The van der Waals surface area contributed by atoms with E-state index in [4.69, 9.17) is 4.74 Å². The van der Waals surface area contributed by atoms with Crippen LogP contribution in [0.1, 0.15) is 28.9 Å². The normalized spacial score (nSPS) is 13.4. The van der Waals surface area contributed by atoms with Crippen molar-refractivity contribution >= 4 is 11.9 Å². The first-order valence-electron chi connectivity index (χ1n) is 8.82. The second-order valence-electron chi connectivity index (χ2n) is 6.61. The predicted octanol–water partition coefficient (Wildman–Crippen LogP) is 4.29. The Morgan fingerprint density at radius 3 is 2.54 bits per heavy atom. The van der Waals surface area contributed by atoms with Gasteiger partial charge in [0.2, 0.25) is 5.95 Å². The fraction of sp³-hybridized carbons (Fsp3) is 0.238. The first kappa shape index (κ1) is 16.4. The van der Waals surface area contributed by atoms with E-state index in [1.807, 2.05) is 42.5 Å². The number of anilines is 1. The molecule has 0 spiro atoms. The fourth-order valence-corrected chi connectivity index (χ4v) is 2.98. The topological polar surface area (TPSA) is 67.0 Å². The second-order valence-corrected chi connectivity index (χ2v) is 6.61. The van der Waals surface area contributed by atoms with Gasteiger partial charge in [-0.2, -0.15) is 0 Å². The van der Waals surface area contributed by atoms with E-state index in [0.29, 0.717) is 17.4 Å². The lowest BCUT2D eigenvalue weighted by molar-refractivity contribution is 0.102. The van der Waals surface area contributed by atoms with Gasteiger partial charge in [0, 0.05) is 16.8 Å². The molecule has 0 bridgehead atoms. The zero-order chi connectivity index (χ0) is 17.9. The van der Waals surface area contributed by atoms with E-state index < -0.39 is 0 Å². The average molecular weight is 347 g/mol. The molecule has 1 aliphatic carbocycles. The quantitative estimate of drug-likeness (QED) is 0.699. The highest BCUT2D eigenvalue weighted by molar-refractivity contribution is 6.03. The molecule has 132 valence electrons. The first-order valence-corrected chi connectivity index (χ1v) is 8.82. The summed E-state index contributed by atoms with van der Waals surface area (Å²) in [5.41, 5.74) is 3.58. The van der Waals surface area contributed by atoms with Gasteiger partial charge < -0.3 is 9.72 Å². The van der Waals surface area contributed by atoms with Crippen molar-refractivity contribution in [3.05, 3.63) is 65.9 Å². The van der Waals surface area contributed by atoms with E-state index in [2.05, 4.69) is 15.3 Å². The zero-order valence-corrected chi connectivity index (χ0v) is 14.7. The monoisotopic (exact) mass is 347 g/mol. The molecule has 5 nitrogen and oxygen atoms in total. The molecule has 1 fully saturated rings. The Bertz CT molecular complexity index is 897. The molecule has 1 saturated carbocycles. The number of amides is 1. The Kier molecular flexibility index (Phi) is 4.44. The van der Waals surface area contributed by atoms with Crippen LogP contribution in [0.25, 0.3) is 11.3 Å². The van der Waals surface area contributed by atoms with E-state index in [1.165, 1.54) is 12.8 Å². The summed E-state index contributed by atoms with van der Waals surface area (Å²) in [7, 11) is 1.65. The van der Waals surface area contributed by atoms with Crippen LogP contribution in [0.3, 0.4) is 0 Å². The molecular formula is C21H21N3O2. The molecule has 0 atom stereocenters.